The number of carbonyl (C=O) groups is 2. The van der Waals surface area contributed by atoms with Gasteiger partial charge in [0.2, 0.25) is 0 Å². The summed E-state index contributed by atoms with van der Waals surface area (Å²) in [5, 5.41) is 0. The smallest absolute Gasteiger partial charge is 0.348 e. The van der Waals surface area contributed by atoms with Gasteiger partial charge in [0.25, 0.3) is 5.79 Å². The second kappa shape index (κ2) is 6.51. The summed E-state index contributed by atoms with van der Waals surface area (Å²) in [6.07, 6.45) is 3.10. The highest BCUT2D eigenvalue weighted by Gasteiger charge is 2.50. The van der Waals surface area contributed by atoms with Gasteiger partial charge in [-0.25, -0.2) is 9.59 Å². The van der Waals surface area contributed by atoms with Crippen LogP contribution in [-0.2, 0) is 19.1 Å². The first kappa shape index (κ1) is 17.8. The fourth-order valence-electron chi connectivity index (χ4n) is 1.97. The fourth-order valence-corrected chi connectivity index (χ4v) is 1.97. The number of esters is 2. The Kier molecular flexibility index (Phi) is 4.83. The number of ether oxygens (including phenoxy) is 3. The van der Waals surface area contributed by atoms with Crippen molar-refractivity contribution >= 4 is 18.0 Å². The minimum absolute atomic E-state index is 0.128. The molecule has 0 saturated carbocycles. The third-order valence-corrected chi connectivity index (χ3v) is 3.94. The highest BCUT2D eigenvalue weighted by atomic mass is 16.7. The largest absolute Gasteiger partial charge is 0.490 e. The summed E-state index contributed by atoms with van der Waals surface area (Å²) in [6, 6.07) is 6.97. The number of hydrogen-bond acceptors (Lipinski definition) is 5. The van der Waals surface area contributed by atoms with Gasteiger partial charge in [0.15, 0.2) is 0 Å². The third kappa shape index (κ3) is 3.67. The standard InChI is InChI=1S/C19H22O5/c1-6-11-22-14-9-7-13(8-10-14)12-15-16(20)23-19(5,18(2,3)4)24-17(15)21/h6-10,12H,1,11H2,2-5H3. The Labute approximate surface area is 141 Å². The van der Waals surface area contributed by atoms with Gasteiger partial charge < -0.3 is 14.2 Å². The maximum atomic E-state index is 12.3. The lowest BCUT2D eigenvalue weighted by Crippen LogP contribution is -2.52. The van der Waals surface area contributed by atoms with Gasteiger partial charge >= 0.3 is 11.9 Å². The molecule has 0 radical (unpaired) electrons. The summed E-state index contributed by atoms with van der Waals surface area (Å²) in [4.78, 5) is 24.5. The van der Waals surface area contributed by atoms with E-state index in [1.54, 1.807) is 37.3 Å². The number of benzene rings is 1. The zero-order valence-electron chi connectivity index (χ0n) is 14.4. The molecule has 0 N–H and O–H groups in total. The number of rotatable bonds is 4. The molecule has 2 rings (SSSR count). The lowest BCUT2D eigenvalue weighted by molar-refractivity contribution is -0.261. The summed E-state index contributed by atoms with van der Waals surface area (Å²) in [5.41, 5.74) is 0.00857. The summed E-state index contributed by atoms with van der Waals surface area (Å²) < 4.78 is 16.2. The van der Waals surface area contributed by atoms with E-state index in [2.05, 4.69) is 6.58 Å². The van der Waals surface area contributed by atoms with Crippen LogP contribution in [0.2, 0.25) is 0 Å². The molecule has 0 spiro atoms. The Morgan fingerprint density at radius 1 is 1.12 bits per heavy atom. The Bertz CT molecular complexity index is 657. The Morgan fingerprint density at radius 3 is 2.12 bits per heavy atom. The van der Waals surface area contributed by atoms with E-state index in [4.69, 9.17) is 14.2 Å². The molecule has 24 heavy (non-hydrogen) atoms. The van der Waals surface area contributed by atoms with E-state index in [0.29, 0.717) is 17.9 Å². The second-order valence-corrected chi connectivity index (χ2v) is 6.70. The van der Waals surface area contributed by atoms with Gasteiger partial charge in [-0.15, -0.1) is 0 Å². The van der Waals surface area contributed by atoms with E-state index in [9.17, 15) is 9.59 Å². The Hall–Kier alpha value is -2.56. The zero-order chi connectivity index (χ0) is 18.0. The van der Waals surface area contributed by atoms with Crippen molar-refractivity contribution in [3.63, 3.8) is 0 Å². The lowest BCUT2D eigenvalue weighted by atomic mass is 9.85. The molecule has 0 aromatic heterocycles. The molecule has 5 nitrogen and oxygen atoms in total. The van der Waals surface area contributed by atoms with Crippen LogP contribution >= 0.6 is 0 Å². The quantitative estimate of drug-likeness (QED) is 0.366. The third-order valence-electron chi connectivity index (χ3n) is 3.94. The maximum absolute atomic E-state index is 12.3. The van der Waals surface area contributed by atoms with Gasteiger partial charge in [0.1, 0.15) is 17.9 Å². The normalized spacial score (nSPS) is 20.9. The molecule has 0 atom stereocenters. The summed E-state index contributed by atoms with van der Waals surface area (Å²) in [7, 11) is 0. The molecule has 0 unspecified atom stereocenters. The Balaban J connectivity index is 2.20. The van der Waals surface area contributed by atoms with Gasteiger partial charge in [-0.3, -0.25) is 0 Å². The predicted molar refractivity (Wildman–Crippen MR) is 90.2 cm³/mol. The SMILES string of the molecule is C=CCOc1ccc(C=C2C(=O)OC(C)(C(C)(C)C)OC2=O)cc1. The molecule has 1 aromatic carbocycles. The highest BCUT2D eigenvalue weighted by Crippen LogP contribution is 2.38. The summed E-state index contributed by atoms with van der Waals surface area (Å²) >= 11 is 0. The van der Waals surface area contributed by atoms with Crippen molar-refractivity contribution in [1.82, 2.24) is 0 Å². The van der Waals surface area contributed by atoms with E-state index < -0.39 is 23.1 Å². The van der Waals surface area contributed by atoms with Crippen LogP contribution in [0.15, 0.2) is 42.5 Å². The van der Waals surface area contributed by atoms with Crippen LogP contribution in [0.1, 0.15) is 33.3 Å². The molecule has 5 heteroatoms. The van der Waals surface area contributed by atoms with Crippen LogP contribution in [0.25, 0.3) is 6.08 Å². The van der Waals surface area contributed by atoms with Gasteiger partial charge in [-0.1, -0.05) is 45.6 Å². The van der Waals surface area contributed by atoms with Crippen LogP contribution in [0.5, 0.6) is 5.75 Å². The van der Waals surface area contributed by atoms with Crippen LogP contribution in [-0.4, -0.2) is 24.3 Å². The van der Waals surface area contributed by atoms with Crippen molar-refractivity contribution in [3.05, 3.63) is 48.1 Å². The van der Waals surface area contributed by atoms with Crippen molar-refractivity contribution in [1.29, 1.82) is 0 Å². The summed E-state index contributed by atoms with van der Waals surface area (Å²) in [6.45, 7) is 11.1. The van der Waals surface area contributed by atoms with Crippen LogP contribution in [0.4, 0.5) is 0 Å². The van der Waals surface area contributed by atoms with Crippen molar-refractivity contribution in [2.75, 3.05) is 6.61 Å². The lowest BCUT2D eigenvalue weighted by Gasteiger charge is -2.42. The maximum Gasteiger partial charge on any atom is 0.348 e. The molecule has 0 amide bonds. The van der Waals surface area contributed by atoms with Crippen molar-refractivity contribution in [2.45, 2.75) is 33.5 Å². The fraction of sp³-hybridized carbons (Fsp3) is 0.368. The summed E-state index contributed by atoms with van der Waals surface area (Å²) in [5.74, 6) is -1.99. The molecule has 1 fully saturated rings. The Morgan fingerprint density at radius 2 is 1.67 bits per heavy atom. The van der Waals surface area contributed by atoms with Crippen LogP contribution in [0, 0.1) is 5.41 Å². The molecule has 1 aromatic rings. The second-order valence-electron chi connectivity index (χ2n) is 6.70. The minimum Gasteiger partial charge on any atom is -0.490 e. The van der Waals surface area contributed by atoms with E-state index >= 15 is 0 Å². The van der Waals surface area contributed by atoms with Gasteiger partial charge in [-0.05, 0) is 23.8 Å². The molecule has 1 saturated heterocycles. The van der Waals surface area contributed by atoms with E-state index in [0.717, 1.165) is 0 Å². The van der Waals surface area contributed by atoms with Crippen molar-refractivity contribution in [2.24, 2.45) is 5.41 Å². The van der Waals surface area contributed by atoms with E-state index in [1.807, 2.05) is 20.8 Å². The average Bonchev–Trinajstić information content (AvgIpc) is 2.49. The molecular weight excluding hydrogens is 308 g/mol. The van der Waals surface area contributed by atoms with Crippen LogP contribution < -0.4 is 4.74 Å². The first-order chi connectivity index (χ1) is 11.2. The average molecular weight is 330 g/mol. The minimum atomic E-state index is -1.29. The van der Waals surface area contributed by atoms with Crippen molar-refractivity contribution < 1.29 is 23.8 Å². The van der Waals surface area contributed by atoms with Crippen molar-refractivity contribution in [3.8, 4) is 5.75 Å². The molecule has 0 bridgehead atoms. The molecule has 1 heterocycles. The predicted octanol–water partition coefficient (Wildman–Crippen LogP) is 3.50. The first-order valence-electron chi connectivity index (χ1n) is 7.68. The molecular formula is C19H22O5. The van der Waals surface area contributed by atoms with E-state index in [-0.39, 0.29) is 5.57 Å². The highest BCUT2D eigenvalue weighted by molar-refractivity contribution is 6.18. The van der Waals surface area contributed by atoms with Gasteiger partial charge in [-0.2, -0.15) is 0 Å². The van der Waals surface area contributed by atoms with Gasteiger partial charge in [0.05, 0.1) is 0 Å². The first-order valence-corrected chi connectivity index (χ1v) is 7.68. The molecule has 0 aliphatic carbocycles. The monoisotopic (exact) mass is 330 g/mol. The van der Waals surface area contributed by atoms with Crippen LogP contribution in [0.3, 0.4) is 0 Å². The molecule has 1 aliphatic heterocycles. The molecule has 128 valence electrons. The van der Waals surface area contributed by atoms with E-state index in [1.165, 1.54) is 6.08 Å². The number of cyclic esters (lactones) is 2. The van der Waals surface area contributed by atoms with Gasteiger partial charge in [0, 0.05) is 12.3 Å². The molecule has 1 aliphatic rings. The topological polar surface area (TPSA) is 61.8 Å². The number of hydrogen-bond donors (Lipinski definition) is 0. The zero-order valence-corrected chi connectivity index (χ0v) is 14.4. The number of carbonyl (C=O) groups excluding carboxylic acids is 2.